The van der Waals surface area contributed by atoms with Crippen LogP contribution >= 0.6 is 11.3 Å². The number of nitrogens with zero attached hydrogens (tertiary/aromatic N) is 8. The maximum Gasteiger partial charge on any atom is 0.283 e. The molecule has 6 rings (SSSR count). The van der Waals surface area contributed by atoms with Crippen LogP contribution in [0.3, 0.4) is 0 Å². The summed E-state index contributed by atoms with van der Waals surface area (Å²) < 4.78 is 28.9. The van der Waals surface area contributed by atoms with Gasteiger partial charge in [-0.25, -0.2) is 13.4 Å². The van der Waals surface area contributed by atoms with Gasteiger partial charge in [-0.2, -0.15) is 9.52 Å². The highest BCUT2D eigenvalue weighted by atomic mass is 32.2. The summed E-state index contributed by atoms with van der Waals surface area (Å²) >= 11 is 1.42. The third-order valence-corrected chi connectivity index (χ3v) is 10.4. The molecule has 1 aromatic carbocycles. The van der Waals surface area contributed by atoms with Crippen LogP contribution in [-0.4, -0.2) is 109 Å². The molecule has 41 heavy (non-hydrogen) atoms. The van der Waals surface area contributed by atoms with Crippen LogP contribution in [0.1, 0.15) is 38.2 Å². The van der Waals surface area contributed by atoms with Crippen LogP contribution in [0, 0.1) is 0 Å². The third kappa shape index (κ3) is 5.28. The molecule has 3 aromatic heterocycles. The minimum atomic E-state index is -3.93. The van der Waals surface area contributed by atoms with E-state index in [0.29, 0.717) is 40.1 Å². The van der Waals surface area contributed by atoms with Crippen molar-refractivity contribution in [2.75, 3.05) is 33.2 Å². The van der Waals surface area contributed by atoms with Gasteiger partial charge in [0.05, 0.1) is 5.69 Å². The van der Waals surface area contributed by atoms with Crippen LogP contribution in [0.15, 0.2) is 34.4 Å². The molecule has 2 aliphatic rings. The largest absolute Gasteiger partial charge is 0.409 e. The normalized spacial score (nSPS) is 19.1. The van der Waals surface area contributed by atoms with Crippen LogP contribution in [-0.2, 0) is 29.4 Å². The minimum Gasteiger partial charge on any atom is -0.409 e. The maximum absolute atomic E-state index is 13.8. The SMILES string of the molecule is CN1CCc2nc(C(=O)N3CCN(S(=O)(=O)c4cc5ccc(C(N)=NO)cc5[nH]4)CC3CCc3nn[nH]n3)sc2C1. The molecule has 1 atom stereocenters. The number of nitrogens with one attached hydrogen (secondary N) is 2. The summed E-state index contributed by atoms with van der Waals surface area (Å²) in [7, 11) is -1.88. The van der Waals surface area contributed by atoms with E-state index in [1.165, 1.54) is 15.6 Å². The number of hydrogen-bond donors (Lipinski definition) is 4. The van der Waals surface area contributed by atoms with E-state index < -0.39 is 16.1 Å². The first-order valence-corrected chi connectivity index (χ1v) is 15.3. The molecule has 4 aromatic rings. The molecule has 0 radical (unpaired) electrons. The van der Waals surface area contributed by atoms with Crippen molar-refractivity contribution in [2.24, 2.45) is 10.9 Å². The lowest BCUT2D eigenvalue weighted by Crippen LogP contribution is -2.56. The molecule has 5 heterocycles. The van der Waals surface area contributed by atoms with E-state index in [1.807, 2.05) is 7.05 Å². The Bertz CT molecular complexity index is 1710. The summed E-state index contributed by atoms with van der Waals surface area (Å²) in [5.74, 6) is 0.218. The van der Waals surface area contributed by atoms with E-state index >= 15 is 0 Å². The van der Waals surface area contributed by atoms with Gasteiger partial charge < -0.3 is 25.7 Å². The number of thiazole rings is 1. The smallest absolute Gasteiger partial charge is 0.283 e. The van der Waals surface area contributed by atoms with Gasteiger partial charge in [-0.05, 0) is 25.6 Å². The fourth-order valence-electron chi connectivity index (χ4n) is 5.28. The molecule has 0 aliphatic carbocycles. The number of piperazine rings is 1. The first kappa shape index (κ1) is 27.3. The van der Waals surface area contributed by atoms with Crippen molar-refractivity contribution in [3.05, 3.63) is 51.2 Å². The number of tetrazole rings is 1. The summed E-state index contributed by atoms with van der Waals surface area (Å²) in [6, 6.07) is 6.11. The number of H-pyrrole nitrogens is 2. The first-order chi connectivity index (χ1) is 19.7. The predicted octanol–water partition coefficient (Wildman–Crippen LogP) is 0.368. The van der Waals surface area contributed by atoms with E-state index in [4.69, 9.17) is 10.9 Å². The molecule has 5 N–H and O–H groups in total. The molecule has 1 unspecified atom stereocenters. The molecular weight excluding hydrogens is 570 g/mol. The molecule has 0 spiro atoms. The number of fused-ring (bicyclic) bond motifs is 2. The quantitative estimate of drug-likeness (QED) is 0.0994. The summed E-state index contributed by atoms with van der Waals surface area (Å²) in [4.78, 5) is 26.4. The van der Waals surface area contributed by atoms with Gasteiger partial charge in [0.25, 0.3) is 15.9 Å². The number of amides is 1. The van der Waals surface area contributed by atoms with E-state index in [2.05, 4.69) is 40.6 Å². The number of carbonyl (C=O) groups excluding carboxylic acids is 1. The zero-order valence-corrected chi connectivity index (χ0v) is 23.8. The lowest BCUT2D eigenvalue weighted by molar-refractivity contribution is 0.0550. The Balaban J connectivity index is 1.26. The number of aryl methyl sites for hydroxylation is 1. The number of rotatable bonds is 7. The predicted molar refractivity (Wildman–Crippen MR) is 149 cm³/mol. The van der Waals surface area contributed by atoms with Crippen LogP contribution in [0.4, 0.5) is 0 Å². The van der Waals surface area contributed by atoms with Gasteiger partial charge in [0.1, 0.15) is 5.03 Å². The standard InChI is InChI=1S/C24H29N11O4S2/c1-33-7-6-17-19(13-33)40-23(27-17)24(36)35-9-8-34(12-16(35)4-5-20-28-31-32-29-20)41(38,39)21-11-14-2-3-15(22(25)30-37)10-18(14)26-21/h2-3,10-11,16,26,37H,4-9,12-13H2,1H3,(H2,25,30)(H,28,29,31,32). The van der Waals surface area contributed by atoms with Gasteiger partial charge in [0.2, 0.25) is 0 Å². The average molecular weight is 600 g/mol. The molecule has 15 nitrogen and oxygen atoms in total. The number of carbonyl (C=O) groups is 1. The maximum atomic E-state index is 13.8. The summed E-state index contributed by atoms with van der Waals surface area (Å²) in [6.45, 7) is 2.10. The molecule has 17 heteroatoms. The van der Waals surface area contributed by atoms with Crippen molar-refractivity contribution >= 4 is 44.0 Å². The van der Waals surface area contributed by atoms with Gasteiger partial charge in [0.15, 0.2) is 16.7 Å². The first-order valence-electron chi connectivity index (χ1n) is 13.0. The Morgan fingerprint density at radius 2 is 2.12 bits per heavy atom. The van der Waals surface area contributed by atoms with Crippen molar-refractivity contribution in [3.8, 4) is 0 Å². The fraction of sp³-hybridized carbons (Fsp3) is 0.417. The van der Waals surface area contributed by atoms with Crippen molar-refractivity contribution in [1.82, 2.24) is 44.7 Å². The Morgan fingerprint density at radius 3 is 2.90 bits per heavy atom. The second-order valence-electron chi connectivity index (χ2n) is 10.2. The molecule has 0 bridgehead atoms. The molecule has 216 valence electrons. The molecule has 1 saturated heterocycles. The Morgan fingerprint density at radius 1 is 1.27 bits per heavy atom. The molecule has 1 fully saturated rings. The molecule has 2 aliphatic heterocycles. The number of amidine groups is 1. The summed E-state index contributed by atoms with van der Waals surface area (Å²) in [5.41, 5.74) is 7.65. The van der Waals surface area contributed by atoms with Crippen LogP contribution in [0.2, 0.25) is 0 Å². The highest BCUT2D eigenvalue weighted by molar-refractivity contribution is 7.89. The Kier molecular flexibility index (Phi) is 7.18. The van der Waals surface area contributed by atoms with Crippen molar-refractivity contribution < 1.29 is 18.4 Å². The van der Waals surface area contributed by atoms with Gasteiger partial charge in [-0.3, -0.25) is 4.79 Å². The minimum absolute atomic E-state index is 0.0255. The number of oxime groups is 1. The zero-order chi connectivity index (χ0) is 28.7. The van der Waals surface area contributed by atoms with E-state index in [-0.39, 0.29) is 36.4 Å². The molecule has 1 amide bonds. The number of likely N-dealkylation sites (N-methyl/N-ethyl adjacent to an activating group) is 1. The van der Waals surface area contributed by atoms with Gasteiger partial charge in [0, 0.05) is 73.0 Å². The lowest BCUT2D eigenvalue weighted by atomic mass is 10.1. The molecule has 0 saturated carbocycles. The second-order valence-corrected chi connectivity index (χ2v) is 13.2. The average Bonchev–Trinajstić information content (AvgIpc) is 3.74. The van der Waals surface area contributed by atoms with Crippen molar-refractivity contribution in [2.45, 2.75) is 36.9 Å². The topological polar surface area (TPSA) is 203 Å². The zero-order valence-electron chi connectivity index (χ0n) is 22.2. The molecular formula is C24H29N11O4S2. The third-order valence-electron chi connectivity index (χ3n) is 7.52. The Hall–Kier alpha value is -3.93. The summed E-state index contributed by atoms with van der Waals surface area (Å²) in [6.07, 6.45) is 1.66. The van der Waals surface area contributed by atoms with Crippen LogP contribution in [0.5, 0.6) is 0 Å². The Labute approximate surface area is 239 Å². The monoisotopic (exact) mass is 599 g/mol. The summed E-state index contributed by atoms with van der Waals surface area (Å²) in [5, 5.41) is 27.2. The number of hydrogen-bond acceptors (Lipinski definition) is 11. The fourth-order valence-corrected chi connectivity index (χ4v) is 7.90. The van der Waals surface area contributed by atoms with Crippen molar-refractivity contribution in [3.63, 3.8) is 0 Å². The van der Waals surface area contributed by atoms with E-state index in [9.17, 15) is 13.2 Å². The lowest BCUT2D eigenvalue weighted by Gasteiger charge is -2.40. The van der Waals surface area contributed by atoms with Crippen molar-refractivity contribution in [1.29, 1.82) is 0 Å². The van der Waals surface area contributed by atoms with Crippen LogP contribution in [0.25, 0.3) is 10.9 Å². The van der Waals surface area contributed by atoms with Gasteiger partial charge in [-0.15, -0.1) is 21.5 Å². The highest BCUT2D eigenvalue weighted by Gasteiger charge is 2.38. The van der Waals surface area contributed by atoms with Gasteiger partial charge >= 0.3 is 0 Å². The number of nitrogens with two attached hydrogens (primary N) is 1. The number of aromatic amines is 2. The van der Waals surface area contributed by atoms with E-state index in [1.54, 1.807) is 29.2 Å². The number of aromatic nitrogens is 6. The number of benzene rings is 1. The van der Waals surface area contributed by atoms with Gasteiger partial charge in [-0.1, -0.05) is 22.5 Å². The van der Waals surface area contributed by atoms with Crippen LogP contribution < -0.4 is 5.73 Å². The number of sulfonamides is 1. The second kappa shape index (κ2) is 10.8. The van der Waals surface area contributed by atoms with E-state index in [0.717, 1.165) is 30.1 Å². The highest BCUT2D eigenvalue weighted by Crippen LogP contribution is 2.29.